The molecule has 1 heterocycles. The maximum absolute atomic E-state index is 12.8. The first-order chi connectivity index (χ1) is 7.09. The number of halogens is 1. The summed E-state index contributed by atoms with van der Waals surface area (Å²) in [4.78, 5) is 15.1. The quantitative estimate of drug-likeness (QED) is 0.754. The summed E-state index contributed by atoms with van der Waals surface area (Å²) >= 11 is 0. The van der Waals surface area contributed by atoms with E-state index in [0.29, 0.717) is 5.56 Å². The van der Waals surface area contributed by atoms with Gasteiger partial charge in [-0.15, -0.1) is 0 Å². The van der Waals surface area contributed by atoms with Crippen LogP contribution in [0.4, 0.5) is 4.39 Å². The van der Waals surface area contributed by atoms with Gasteiger partial charge in [0.2, 0.25) is 5.95 Å². The number of nitrogens with one attached hydrogen (secondary N) is 1. The predicted molar refractivity (Wildman–Crippen MR) is 53.9 cm³/mol. The summed E-state index contributed by atoms with van der Waals surface area (Å²) in [6, 6.07) is 2.66. The molecule has 1 aromatic heterocycles. The zero-order valence-electron chi connectivity index (χ0n) is 8.59. The molecule has 0 aromatic carbocycles. The Labute approximate surface area is 87.7 Å². The third kappa shape index (κ3) is 2.14. The summed E-state index contributed by atoms with van der Waals surface area (Å²) in [5.74, 6) is -0.847. The van der Waals surface area contributed by atoms with Crippen molar-refractivity contribution in [3.8, 4) is 0 Å². The van der Waals surface area contributed by atoms with Crippen LogP contribution in [0.2, 0.25) is 0 Å². The third-order valence-corrected chi connectivity index (χ3v) is 2.86. The van der Waals surface area contributed by atoms with E-state index < -0.39 is 5.95 Å². The van der Waals surface area contributed by atoms with Gasteiger partial charge in [0.15, 0.2) is 0 Å². The molecule has 0 aliphatic heterocycles. The fourth-order valence-electron chi connectivity index (χ4n) is 1.72. The monoisotopic (exact) mass is 208 g/mol. The van der Waals surface area contributed by atoms with Crippen molar-refractivity contribution in [2.45, 2.75) is 31.7 Å². The zero-order valence-corrected chi connectivity index (χ0v) is 8.59. The largest absolute Gasteiger partial charge is 0.347 e. The molecule has 0 saturated heterocycles. The van der Waals surface area contributed by atoms with E-state index in [-0.39, 0.29) is 11.4 Å². The average Bonchev–Trinajstić information content (AvgIpc) is 2.15. The summed E-state index contributed by atoms with van der Waals surface area (Å²) in [5, 5.41) is 2.90. The molecule has 1 fully saturated rings. The average molecular weight is 208 g/mol. The molecule has 0 unspecified atom stereocenters. The molecule has 1 amide bonds. The van der Waals surface area contributed by atoms with E-state index in [2.05, 4.69) is 10.3 Å². The summed E-state index contributed by atoms with van der Waals surface area (Å²) in [6.07, 6.45) is 4.42. The Bertz CT molecular complexity index is 388. The molecule has 0 bridgehead atoms. The highest BCUT2D eigenvalue weighted by molar-refractivity contribution is 5.94. The van der Waals surface area contributed by atoms with E-state index in [0.717, 1.165) is 25.3 Å². The fourth-order valence-corrected chi connectivity index (χ4v) is 1.72. The lowest BCUT2D eigenvalue weighted by Gasteiger charge is -2.39. The van der Waals surface area contributed by atoms with Crippen LogP contribution in [0.15, 0.2) is 18.3 Å². The summed E-state index contributed by atoms with van der Waals surface area (Å²) in [6.45, 7) is 2.01. The summed E-state index contributed by atoms with van der Waals surface area (Å²) < 4.78 is 12.8. The molecule has 0 atom stereocenters. The van der Waals surface area contributed by atoms with Crippen molar-refractivity contribution in [2.75, 3.05) is 0 Å². The lowest BCUT2D eigenvalue weighted by atomic mass is 9.78. The molecule has 1 aromatic rings. The third-order valence-electron chi connectivity index (χ3n) is 2.86. The minimum Gasteiger partial charge on any atom is -0.347 e. The van der Waals surface area contributed by atoms with E-state index >= 15 is 0 Å². The van der Waals surface area contributed by atoms with Crippen molar-refractivity contribution < 1.29 is 9.18 Å². The topological polar surface area (TPSA) is 42.0 Å². The first-order valence-corrected chi connectivity index (χ1v) is 5.03. The van der Waals surface area contributed by atoms with Crippen LogP contribution in [0.25, 0.3) is 0 Å². The Morgan fingerprint density at radius 1 is 1.60 bits per heavy atom. The molecule has 80 valence electrons. The molecular formula is C11H13FN2O. The predicted octanol–water partition coefficient (Wildman–Crippen LogP) is 1.89. The van der Waals surface area contributed by atoms with Gasteiger partial charge in [0.05, 0.1) is 0 Å². The van der Waals surface area contributed by atoms with Crippen molar-refractivity contribution in [1.82, 2.24) is 10.3 Å². The fraction of sp³-hybridized carbons (Fsp3) is 0.455. The van der Waals surface area contributed by atoms with Gasteiger partial charge in [-0.1, -0.05) is 0 Å². The normalized spacial score (nSPS) is 18.0. The van der Waals surface area contributed by atoms with Crippen LogP contribution in [0.1, 0.15) is 36.5 Å². The van der Waals surface area contributed by atoms with Gasteiger partial charge in [0, 0.05) is 23.4 Å². The van der Waals surface area contributed by atoms with Crippen molar-refractivity contribution in [3.05, 3.63) is 29.8 Å². The minimum atomic E-state index is -0.624. The highest BCUT2D eigenvalue weighted by Gasteiger charge is 2.33. The van der Waals surface area contributed by atoms with E-state index in [1.54, 1.807) is 0 Å². The van der Waals surface area contributed by atoms with Crippen LogP contribution < -0.4 is 5.32 Å². The Morgan fingerprint density at radius 3 is 2.87 bits per heavy atom. The Balaban J connectivity index is 2.08. The lowest BCUT2D eigenvalue weighted by Crippen LogP contribution is -2.50. The number of hydrogen-bond donors (Lipinski definition) is 1. The van der Waals surface area contributed by atoms with Crippen LogP contribution in [-0.2, 0) is 0 Å². The lowest BCUT2D eigenvalue weighted by molar-refractivity contribution is 0.0850. The molecule has 3 nitrogen and oxygen atoms in total. The van der Waals surface area contributed by atoms with E-state index in [9.17, 15) is 9.18 Å². The van der Waals surface area contributed by atoms with Gasteiger partial charge in [-0.2, -0.15) is 4.39 Å². The second kappa shape index (κ2) is 3.61. The van der Waals surface area contributed by atoms with Gasteiger partial charge in [0.25, 0.3) is 5.91 Å². The molecule has 0 radical (unpaired) electrons. The molecule has 1 saturated carbocycles. The molecule has 1 aliphatic rings. The highest BCUT2D eigenvalue weighted by atomic mass is 19.1. The molecule has 15 heavy (non-hydrogen) atoms. The van der Waals surface area contributed by atoms with Crippen LogP contribution in [-0.4, -0.2) is 16.4 Å². The molecule has 2 rings (SSSR count). The standard InChI is InChI=1S/C11H13FN2O/c1-11(4-2-5-11)14-10(15)8-3-6-13-9(12)7-8/h3,6-7H,2,4-5H2,1H3,(H,14,15). The Kier molecular flexibility index (Phi) is 2.42. The highest BCUT2D eigenvalue weighted by Crippen LogP contribution is 2.31. The summed E-state index contributed by atoms with van der Waals surface area (Å²) in [7, 11) is 0. The van der Waals surface area contributed by atoms with Crippen LogP contribution >= 0.6 is 0 Å². The van der Waals surface area contributed by atoms with E-state index in [1.807, 2.05) is 6.92 Å². The van der Waals surface area contributed by atoms with Crippen molar-refractivity contribution in [1.29, 1.82) is 0 Å². The van der Waals surface area contributed by atoms with Gasteiger partial charge in [-0.3, -0.25) is 4.79 Å². The van der Waals surface area contributed by atoms with E-state index in [4.69, 9.17) is 0 Å². The smallest absolute Gasteiger partial charge is 0.251 e. The number of carbonyl (C=O) groups excluding carboxylic acids is 1. The van der Waals surface area contributed by atoms with Crippen molar-refractivity contribution in [2.24, 2.45) is 0 Å². The molecule has 1 aliphatic carbocycles. The first-order valence-electron chi connectivity index (χ1n) is 5.03. The number of amides is 1. The zero-order chi connectivity index (χ0) is 10.9. The number of nitrogens with zero attached hydrogens (tertiary/aromatic N) is 1. The maximum atomic E-state index is 12.8. The van der Waals surface area contributed by atoms with Crippen molar-refractivity contribution >= 4 is 5.91 Å². The molecule has 1 N–H and O–H groups in total. The van der Waals surface area contributed by atoms with Gasteiger partial charge >= 0.3 is 0 Å². The van der Waals surface area contributed by atoms with Gasteiger partial charge in [-0.05, 0) is 32.3 Å². The van der Waals surface area contributed by atoms with Gasteiger partial charge in [0.1, 0.15) is 0 Å². The van der Waals surface area contributed by atoms with Crippen molar-refractivity contribution in [3.63, 3.8) is 0 Å². The Hall–Kier alpha value is -1.45. The van der Waals surface area contributed by atoms with Gasteiger partial charge < -0.3 is 5.32 Å². The number of pyridine rings is 1. The number of hydrogen-bond acceptors (Lipinski definition) is 2. The second-order valence-electron chi connectivity index (χ2n) is 4.24. The maximum Gasteiger partial charge on any atom is 0.251 e. The summed E-state index contributed by atoms with van der Waals surface area (Å²) in [5.41, 5.74) is 0.229. The van der Waals surface area contributed by atoms with Crippen LogP contribution in [0.5, 0.6) is 0 Å². The number of carbonyl (C=O) groups is 1. The molecule has 4 heteroatoms. The number of aromatic nitrogens is 1. The minimum absolute atomic E-state index is 0.100. The SMILES string of the molecule is CC1(NC(=O)c2ccnc(F)c2)CCC1. The molecular weight excluding hydrogens is 195 g/mol. The second-order valence-corrected chi connectivity index (χ2v) is 4.24. The van der Waals surface area contributed by atoms with Crippen LogP contribution in [0, 0.1) is 5.95 Å². The van der Waals surface area contributed by atoms with Crippen LogP contribution in [0.3, 0.4) is 0 Å². The van der Waals surface area contributed by atoms with Gasteiger partial charge in [-0.25, -0.2) is 4.98 Å². The number of rotatable bonds is 2. The van der Waals surface area contributed by atoms with E-state index in [1.165, 1.54) is 12.3 Å². The Morgan fingerprint density at radius 2 is 2.33 bits per heavy atom. The molecule has 0 spiro atoms. The first kappa shape index (κ1) is 10.1.